The molecular weight excluding hydrogens is 431 g/mol. The summed E-state index contributed by atoms with van der Waals surface area (Å²) in [6.45, 7) is 1.53. The quantitative estimate of drug-likeness (QED) is 0.756. The van der Waals surface area contributed by atoms with Crippen LogP contribution in [0.2, 0.25) is 0 Å². The number of carbonyl (C=O) groups is 1. The second kappa shape index (κ2) is 8.16. The second-order valence-electron chi connectivity index (χ2n) is 7.75. The summed E-state index contributed by atoms with van der Waals surface area (Å²) < 4.78 is 65.9. The summed E-state index contributed by atoms with van der Waals surface area (Å²) in [7, 11) is -3.58. The first kappa shape index (κ1) is 21.6. The van der Waals surface area contributed by atoms with Gasteiger partial charge in [0, 0.05) is 43.5 Å². The number of piperazine rings is 1. The van der Waals surface area contributed by atoms with E-state index in [1.54, 1.807) is 11.0 Å². The molecule has 0 aromatic heterocycles. The summed E-state index contributed by atoms with van der Waals surface area (Å²) in [5, 5.41) is 0. The number of sulfonamides is 1. The number of halogens is 3. The number of amides is 1. The van der Waals surface area contributed by atoms with Crippen molar-refractivity contribution in [2.75, 3.05) is 31.1 Å². The van der Waals surface area contributed by atoms with Crippen molar-refractivity contribution >= 4 is 21.6 Å². The van der Waals surface area contributed by atoms with Gasteiger partial charge < -0.3 is 9.80 Å². The summed E-state index contributed by atoms with van der Waals surface area (Å²) >= 11 is 0. The molecule has 1 saturated carbocycles. The van der Waals surface area contributed by atoms with E-state index < -0.39 is 21.8 Å². The largest absolute Gasteiger partial charge is 0.416 e. The number of carbonyl (C=O) groups excluding carboxylic acids is 1. The van der Waals surface area contributed by atoms with Gasteiger partial charge in [-0.15, -0.1) is 0 Å². The zero-order valence-electron chi connectivity index (χ0n) is 16.6. The molecule has 4 rings (SSSR count). The number of nitrogens with one attached hydrogen (secondary N) is 1. The summed E-state index contributed by atoms with van der Waals surface area (Å²) in [6, 6.07) is 11.0. The molecule has 0 atom stereocenters. The number of hydrogen-bond donors (Lipinski definition) is 1. The molecule has 0 unspecified atom stereocenters. The Balaban J connectivity index is 1.38. The van der Waals surface area contributed by atoms with Gasteiger partial charge >= 0.3 is 6.18 Å². The number of alkyl halides is 3. The highest BCUT2D eigenvalue weighted by molar-refractivity contribution is 7.89. The zero-order valence-corrected chi connectivity index (χ0v) is 17.4. The first-order valence-corrected chi connectivity index (χ1v) is 11.5. The Bertz CT molecular complexity index is 1060. The van der Waals surface area contributed by atoms with Crippen LogP contribution in [0.25, 0.3) is 0 Å². The molecule has 0 radical (unpaired) electrons. The van der Waals surface area contributed by atoms with Crippen molar-refractivity contribution in [3.8, 4) is 0 Å². The van der Waals surface area contributed by atoms with Crippen LogP contribution in [0.5, 0.6) is 0 Å². The van der Waals surface area contributed by atoms with E-state index in [9.17, 15) is 26.4 Å². The first-order valence-electron chi connectivity index (χ1n) is 9.97. The summed E-state index contributed by atoms with van der Waals surface area (Å²) in [4.78, 5) is 16.3. The lowest BCUT2D eigenvalue weighted by molar-refractivity contribution is -0.137. The van der Waals surface area contributed by atoms with Crippen molar-refractivity contribution in [2.24, 2.45) is 0 Å². The molecule has 31 heavy (non-hydrogen) atoms. The molecule has 2 fully saturated rings. The van der Waals surface area contributed by atoms with Gasteiger partial charge in [0.25, 0.3) is 5.91 Å². The van der Waals surface area contributed by atoms with Crippen LogP contribution in [0, 0.1) is 0 Å². The topological polar surface area (TPSA) is 69.7 Å². The molecule has 2 aromatic rings. The summed E-state index contributed by atoms with van der Waals surface area (Å²) in [5.41, 5.74) is 0.146. The predicted octanol–water partition coefficient (Wildman–Crippen LogP) is 3.11. The van der Waals surface area contributed by atoms with Crippen molar-refractivity contribution in [2.45, 2.75) is 30.0 Å². The molecule has 166 valence electrons. The maximum Gasteiger partial charge on any atom is 0.416 e. The van der Waals surface area contributed by atoms with Crippen LogP contribution >= 0.6 is 0 Å². The number of benzene rings is 2. The average molecular weight is 453 g/mol. The fourth-order valence-electron chi connectivity index (χ4n) is 3.49. The van der Waals surface area contributed by atoms with E-state index in [2.05, 4.69) is 4.72 Å². The van der Waals surface area contributed by atoms with Crippen LogP contribution in [-0.2, 0) is 16.2 Å². The lowest BCUT2D eigenvalue weighted by Gasteiger charge is -2.36. The van der Waals surface area contributed by atoms with E-state index in [1.807, 2.05) is 4.90 Å². The van der Waals surface area contributed by atoms with Crippen LogP contribution in [0.3, 0.4) is 0 Å². The van der Waals surface area contributed by atoms with Gasteiger partial charge in [-0.3, -0.25) is 4.79 Å². The van der Waals surface area contributed by atoms with Crippen LogP contribution in [0.1, 0.15) is 28.8 Å². The average Bonchev–Trinajstić information content (AvgIpc) is 3.56. The van der Waals surface area contributed by atoms with Gasteiger partial charge in [0.15, 0.2) is 0 Å². The number of nitrogens with zero attached hydrogens (tertiary/aromatic N) is 2. The third-order valence-corrected chi connectivity index (χ3v) is 6.95. The van der Waals surface area contributed by atoms with Crippen LogP contribution in [0.4, 0.5) is 18.9 Å². The normalized spacial score (nSPS) is 17.6. The fourth-order valence-corrected chi connectivity index (χ4v) is 4.80. The Morgan fingerprint density at radius 3 is 2.19 bits per heavy atom. The third-order valence-electron chi connectivity index (χ3n) is 5.42. The highest BCUT2D eigenvalue weighted by Gasteiger charge is 2.31. The monoisotopic (exact) mass is 453 g/mol. The van der Waals surface area contributed by atoms with Crippen molar-refractivity contribution in [3.63, 3.8) is 0 Å². The number of anilines is 1. The molecule has 6 nitrogen and oxygen atoms in total. The molecule has 2 aromatic carbocycles. The summed E-state index contributed by atoms with van der Waals surface area (Å²) in [5.74, 6) is -0.234. The Labute approximate surface area is 178 Å². The Morgan fingerprint density at radius 2 is 1.61 bits per heavy atom. The number of hydrogen-bond acceptors (Lipinski definition) is 4. The molecule has 1 saturated heterocycles. The maximum absolute atomic E-state index is 12.9. The lowest BCUT2D eigenvalue weighted by Crippen LogP contribution is -2.48. The molecule has 0 spiro atoms. The molecular formula is C21H22F3N3O3S. The Kier molecular flexibility index (Phi) is 5.69. The summed E-state index contributed by atoms with van der Waals surface area (Å²) in [6.07, 6.45) is -2.73. The minimum atomic E-state index is -4.40. The van der Waals surface area contributed by atoms with E-state index in [-0.39, 0.29) is 16.8 Å². The molecule has 1 amide bonds. The molecule has 0 bridgehead atoms. The fraction of sp³-hybridized carbons (Fsp3) is 0.381. The Hall–Kier alpha value is -2.59. The van der Waals surface area contributed by atoms with Crippen molar-refractivity contribution in [3.05, 3.63) is 59.7 Å². The highest BCUT2D eigenvalue weighted by Crippen LogP contribution is 2.32. The van der Waals surface area contributed by atoms with Crippen LogP contribution < -0.4 is 9.62 Å². The van der Waals surface area contributed by atoms with Crippen molar-refractivity contribution in [1.82, 2.24) is 9.62 Å². The van der Waals surface area contributed by atoms with Gasteiger partial charge in [0.05, 0.1) is 10.5 Å². The second-order valence-corrected chi connectivity index (χ2v) is 9.46. The third kappa shape index (κ3) is 5.01. The standard InChI is InChI=1S/C21H22F3N3O3S/c22-21(23,24)16-2-1-3-18(14-16)26-10-12-27(13-11-26)20(28)15-4-8-19(9-5-15)31(29,30)25-17-6-7-17/h1-5,8-9,14,17,25H,6-7,10-13H2. The lowest BCUT2D eigenvalue weighted by atomic mass is 10.1. The minimum absolute atomic E-state index is 0.000528. The molecule has 1 N–H and O–H groups in total. The SMILES string of the molecule is O=C(c1ccc(S(=O)(=O)NC2CC2)cc1)N1CCN(c2cccc(C(F)(F)F)c2)CC1. The molecule has 1 aliphatic carbocycles. The molecule has 2 aliphatic rings. The van der Waals surface area contributed by atoms with E-state index in [0.717, 1.165) is 25.0 Å². The maximum atomic E-state index is 12.9. The van der Waals surface area contributed by atoms with Crippen LogP contribution in [0.15, 0.2) is 53.4 Å². The zero-order chi connectivity index (χ0) is 22.2. The van der Waals surface area contributed by atoms with E-state index >= 15 is 0 Å². The minimum Gasteiger partial charge on any atom is -0.368 e. The van der Waals surface area contributed by atoms with Crippen LogP contribution in [-0.4, -0.2) is 51.4 Å². The van der Waals surface area contributed by atoms with Gasteiger partial charge in [-0.1, -0.05) is 6.07 Å². The van der Waals surface area contributed by atoms with E-state index in [1.165, 1.54) is 30.3 Å². The number of rotatable bonds is 5. The predicted molar refractivity (Wildman–Crippen MR) is 109 cm³/mol. The highest BCUT2D eigenvalue weighted by atomic mass is 32.2. The molecule has 10 heteroatoms. The van der Waals surface area contributed by atoms with Gasteiger partial charge in [-0.05, 0) is 55.3 Å². The van der Waals surface area contributed by atoms with Crippen molar-refractivity contribution < 1.29 is 26.4 Å². The van der Waals surface area contributed by atoms with E-state index in [0.29, 0.717) is 37.4 Å². The molecule has 1 heterocycles. The van der Waals surface area contributed by atoms with Gasteiger partial charge in [-0.25, -0.2) is 13.1 Å². The first-order chi connectivity index (χ1) is 14.6. The van der Waals surface area contributed by atoms with Gasteiger partial charge in [0.2, 0.25) is 10.0 Å². The van der Waals surface area contributed by atoms with Crippen molar-refractivity contribution in [1.29, 1.82) is 0 Å². The van der Waals surface area contributed by atoms with Gasteiger partial charge in [-0.2, -0.15) is 13.2 Å². The molecule has 1 aliphatic heterocycles. The van der Waals surface area contributed by atoms with Gasteiger partial charge in [0.1, 0.15) is 0 Å². The smallest absolute Gasteiger partial charge is 0.368 e. The van der Waals surface area contributed by atoms with E-state index in [4.69, 9.17) is 0 Å². The Morgan fingerprint density at radius 1 is 0.968 bits per heavy atom.